The van der Waals surface area contributed by atoms with E-state index >= 15 is 0 Å². The van der Waals surface area contributed by atoms with Crippen molar-refractivity contribution >= 4 is 27.5 Å². The standard InChI is InChI=1S/C50H30F3N5/c1-31-19-21-46-42(23-31)43-28-38(50(51,52)53)20-22-47(43)58(46)48-40(35-16-9-11-32(24-35)30-54)26-37(27-41(48)36-17-10-18-39(25-36)55-2)45-29-44(33-12-5-3-6-13-33)56-49(57-45)34-14-7-4-8-15-34/h3-29H,1H3. The third-order valence-corrected chi connectivity index (χ3v) is 10.3. The van der Waals surface area contributed by atoms with E-state index in [4.69, 9.17) is 16.5 Å². The molecule has 276 valence electrons. The van der Waals surface area contributed by atoms with Crippen LogP contribution in [0.2, 0.25) is 0 Å². The van der Waals surface area contributed by atoms with Crippen molar-refractivity contribution in [2.45, 2.75) is 13.1 Å². The number of halogens is 3. The molecule has 0 saturated heterocycles. The smallest absolute Gasteiger partial charge is 0.308 e. The van der Waals surface area contributed by atoms with Crippen molar-refractivity contribution in [3.8, 4) is 67.9 Å². The number of fused-ring (bicyclic) bond motifs is 3. The molecule has 2 heterocycles. The molecule has 0 spiro atoms. The van der Waals surface area contributed by atoms with Gasteiger partial charge in [-0.25, -0.2) is 14.8 Å². The fraction of sp³-hybridized carbons (Fsp3) is 0.0400. The summed E-state index contributed by atoms with van der Waals surface area (Å²) in [7, 11) is 0. The monoisotopic (exact) mass is 757 g/mol. The van der Waals surface area contributed by atoms with Gasteiger partial charge in [0.25, 0.3) is 0 Å². The van der Waals surface area contributed by atoms with E-state index in [2.05, 4.69) is 10.9 Å². The van der Waals surface area contributed by atoms with E-state index < -0.39 is 11.7 Å². The van der Waals surface area contributed by atoms with Gasteiger partial charge in [0, 0.05) is 38.6 Å². The van der Waals surface area contributed by atoms with E-state index in [-0.39, 0.29) is 0 Å². The number of hydrogen-bond donors (Lipinski definition) is 0. The third-order valence-electron chi connectivity index (χ3n) is 10.3. The van der Waals surface area contributed by atoms with E-state index in [1.165, 1.54) is 12.1 Å². The van der Waals surface area contributed by atoms with Crippen molar-refractivity contribution in [1.82, 2.24) is 14.5 Å². The van der Waals surface area contributed by atoms with Crippen LogP contribution in [-0.2, 0) is 6.18 Å². The van der Waals surface area contributed by atoms with Crippen LogP contribution in [0.25, 0.3) is 88.5 Å². The number of nitrogens with zero attached hydrogens (tertiary/aromatic N) is 5. The summed E-state index contributed by atoms with van der Waals surface area (Å²) in [6.07, 6.45) is -4.54. The Morgan fingerprint density at radius 1 is 0.586 bits per heavy atom. The van der Waals surface area contributed by atoms with Crippen LogP contribution in [0.15, 0.2) is 164 Å². The maximum absolute atomic E-state index is 14.3. The highest BCUT2D eigenvalue weighted by atomic mass is 19.4. The van der Waals surface area contributed by atoms with Crippen LogP contribution >= 0.6 is 0 Å². The third kappa shape index (κ3) is 6.53. The minimum Gasteiger partial charge on any atom is -0.308 e. The molecule has 0 aliphatic heterocycles. The molecule has 0 saturated carbocycles. The first-order valence-corrected chi connectivity index (χ1v) is 18.5. The van der Waals surface area contributed by atoms with Crippen LogP contribution < -0.4 is 0 Å². The summed E-state index contributed by atoms with van der Waals surface area (Å²) >= 11 is 0. The van der Waals surface area contributed by atoms with E-state index in [1.54, 1.807) is 12.1 Å². The fourth-order valence-electron chi connectivity index (χ4n) is 7.59. The highest BCUT2D eigenvalue weighted by Crippen LogP contribution is 2.46. The van der Waals surface area contributed by atoms with Gasteiger partial charge >= 0.3 is 6.18 Å². The quantitative estimate of drug-likeness (QED) is 0.159. The molecule has 0 fully saturated rings. The number of rotatable bonds is 6. The summed E-state index contributed by atoms with van der Waals surface area (Å²) in [5, 5.41) is 11.2. The number of aryl methyl sites for hydroxylation is 1. The Bertz CT molecular complexity index is 3000. The number of nitriles is 1. The van der Waals surface area contributed by atoms with Crippen molar-refractivity contribution in [1.29, 1.82) is 5.26 Å². The highest BCUT2D eigenvalue weighted by molar-refractivity contribution is 6.11. The number of benzene rings is 7. The molecule has 58 heavy (non-hydrogen) atoms. The number of alkyl halides is 3. The van der Waals surface area contributed by atoms with Crippen molar-refractivity contribution in [3.63, 3.8) is 0 Å². The molecule has 9 rings (SSSR count). The molecular formula is C50H30F3N5. The molecule has 0 unspecified atom stereocenters. The van der Waals surface area contributed by atoms with Gasteiger partial charge in [0.05, 0.1) is 51.9 Å². The van der Waals surface area contributed by atoms with Gasteiger partial charge in [0.15, 0.2) is 11.5 Å². The van der Waals surface area contributed by atoms with Crippen LogP contribution in [0.1, 0.15) is 16.7 Å². The molecule has 7 aromatic carbocycles. The Morgan fingerprint density at radius 3 is 1.83 bits per heavy atom. The van der Waals surface area contributed by atoms with E-state index in [0.717, 1.165) is 39.6 Å². The molecule has 0 bridgehead atoms. The van der Waals surface area contributed by atoms with Gasteiger partial charge in [0.1, 0.15) is 0 Å². The normalized spacial score (nSPS) is 11.4. The average molecular weight is 758 g/mol. The van der Waals surface area contributed by atoms with Crippen LogP contribution in [0.5, 0.6) is 0 Å². The number of aromatic nitrogens is 3. The molecule has 0 amide bonds. The second kappa shape index (κ2) is 14.4. The first-order valence-electron chi connectivity index (χ1n) is 18.5. The van der Waals surface area contributed by atoms with Gasteiger partial charge in [-0.05, 0) is 84.8 Å². The Balaban J connectivity index is 1.44. The van der Waals surface area contributed by atoms with Crippen LogP contribution in [0.4, 0.5) is 18.9 Å². The predicted octanol–water partition coefficient (Wildman–Crippen LogP) is 13.7. The van der Waals surface area contributed by atoms with Gasteiger partial charge in [-0.1, -0.05) is 103 Å². The highest BCUT2D eigenvalue weighted by Gasteiger charge is 2.32. The lowest BCUT2D eigenvalue weighted by Gasteiger charge is -2.22. The van der Waals surface area contributed by atoms with E-state index in [0.29, 0.717) is 67.0 Å². The Kier molecular flexibility index (Phi) is 8.88. The zero-order valence-corrected chi connectivity index (χ0v) is 31.0. The van der Waals surface area contributed by atoms with Crippen molar-refractivity contribution < 1.29 is 13.2 Å². The maximum Gasteiger partial charge on any atom is 0.416 e. The lowest BCUT2D eigenvalue weighted by Crippen LogP contribution is -2.05. The van der Waals surface area contributed by atoms with Crippen LogP contribution in [0.3, 0.4) is 0 Å². The molecule has 0 aliphatic rings. The van der Waals surface area contributed by atoms with Crippen molar-refractivity contribution in [2.24, 2.45) is 0 Å². The molecule has 0 aliphatic carbocycles. The first kappa shape index (κ1) is 35.9. The largest absolute Gasteiger partial charge is 0.416 e. The van der Waals surface area contributed by atoms with Crippen molar-refractivity contribution in [2.75, 3.05) is 0 Å². The van der Waals surface area contributed by atoms with Gasteiger partial charge in [-0.2, -0.15) is 18.4 Å². The van der Waals surface area contributed by atoms with Crippen molar-refractivity contribution in [3.05, 3.63) is 192 Å². The SMILES string of the molecule is [C-]#[N+]c1cccc(-c2cc(-c3cc(-c4ccccc4)nc(-c4ccccc4)n3)cc(-c3cccc(C#N)c3)c2-n2c3ccc(C)cc3c3cc(C(F)(F)F)ccc32)c1. The van der Waals surface area contributed by atoms with Gasteiger partial charge in [-0.15, -0.1) is 0 Å². The lowest BCUT2D eigenvalue weighted by atomic mass is 9.91. The maximum atomic E-state index is 14.3. The Labute approximate surface area is 332 Å². The Morgan fingerprint density at radius 2 is 1.17 bits per heavy atom. The summed E-state index contributed by atoms with van der Waals surface area (Å²) in [4.78, 5) is 13.9. The minimum atomic E-state index is -4.54. The second-order valence-electron chi connectivity index (χ2n) is 14.1. The van der Waals surface area contributed by atoms with Crippen LogP contribution in [-0.4, -0.2) is 14.5 Å². The van der Waals surface area contributed by atoms with E-state index in [1.807, 2.05) is 145 Å². The van der Waals surface area contributed by atoms with Crippen LogP contribution in [0, 0.1) is 24.8 Å². The summed E-state index contributed by atoms with van der Waals surface area (Å²) < 4.78 is 44.8. The summed E-state index contributed by atoms with van der Waals surface area (Å²) in [5.74, 6) is 0.531. The molecule has 0 radical (unpaired) electrons. The molecular weight excluding hydrogens is 728 g/mol. The Hall–Kier alpha value is -7.81. The minimum absolute atomic E-state index is 0.425. The first-order chi connectivity index (χ1) is 28.2. The molecule has 5 nitrogen and oxygen atoms in total. The van der Waals surface area contributed by atoms with Gasteiger partial charge in [0.2, 0.25) is 0 Å². The van der Waals surface area contributed by atoms with Gasteiger partial charge < -0.3 is 4.57 Å². The summed E-state index contributed by atoms with van der Waals surface area (Å²) in [5.41, 5.74) is 9.65. The molecule has 0 N–H and O–H groups in total. The molecule has 8 heteroatoms. The molecule has 9 aromatic rings. The molecule has 0 atom stereocenters. The zero-order chi connectivity index (χ0) is 40.0. The zero-order valence-electron chi connectivity index (χ0n) is 31.0. The van der Waals surface area contributed by atoms with E-state index in [9.17, 15) is 18.4 Å². The van der Waals surface area contributed by atoms with Gasteiger partial charge in [-0.3, -0.25) is 0 Å². The lowest BCUT2D eigenvalue weighted by molar-refractivity contribution is -0.137. The predicted molar refractivity (Wildman–Crippen MR) is 224 cm³/mol. The topological polar surface area (TPSA) is 58.9 Å². The summed E-state index contributed by atoms with van der Waals surface area (Å²) in [6, 6.07) is 52.1. The molecule has 2 aromatic heterocycles. The average Bonchev–Trinajstić information content (AvgIpc) is 3.58. The second-order valence-corrected chi connectivity index (χ2v) is 14.1. The summed E-state index contributed by atoms with van der Waals surface area (Å²) in [6.45, 7) is 9.81. The number of hydrogen-bond acceptors (Lipinski definition) is 3. The fourth-order valence-corrected chi connectivity index (χ4v) is 7.59.